The molecule has 0 aromatic heterocycles. The molecule has 0 radical (unpaired) electrons. The molecule has 0 fully saturated rings. The van der Waals surface area contributed by atoms with E-state index in [1.54, 1.807) is 18.2 Å². The molecule has 0 aliphatic rings. The summed E-state index contributed by atoms with van der Waals surface area (Å²) in [7, 11) is 0. The van der Waals surface area contributed by atoms with Crippen molar-refractivity contribution in [1.29, 1.82) is 0 Å². The Balaban J connectivity index is 1.75. The zero-order valence-corrected chi connectivity index (χ0v) is 12.9. The molecule has 3 rings (SSSR count). The van der Waals surface area contributed by atoms with Gasteiger partial charge in [0.25, 0.3) is 5.91 Å². The van der Waals surface area contributed by atoms with Crippen LogP contribution in [0.5, 0.6) is 0 Å². The molecule has 3 aromatic carbocycles. The average Bonchev–Trinajstić information content (AvgIpc) is 2.59. The van der Waals surface area contributed by atoms with Gasteiger partial charge in [0.1, 0.15) is 0 Å². The molecule has 0 aliphatic carbocycles. The average molecular weight is 302 g/mol. The summed E-state index contributed by atoms with van der Waals surface area (Å²) in [6, 6.07) is 23.2. The van der Waals surface area contributed by atoms with Gasteiger partial charge in [0.15, 0.2) is 0 Å². The van der Waals surface area contributed by atoms with Crippen molar-refractivity contribution < 1.29 is 4.79 Å². The van der Waals surface area contributed by atoms with Crippen molar-refractivity contribution in [3.63, 3.8) is 0 Å². The summed E-state index contributed by atoms with van der Waals surface area (Å²) in [5.41, 5.74) is 11.0. The number of aryl methyl sites for hydroxylation is 1. The van der Waals surface area contributed by atoms with Crippen molar-refractivity contribution in [1.82, 2.24) is 0 Å². The fourth-order valence-electron chi connectivity index (χ4n) is 2.40. The number of carbonyl (C=O) groups excluding carboxylic acids is 1. The first-order chi connectivity index (χ1) is 11.1. The van der Waals surface area contributed by atoms with E-state index in [2.05, 4.69) is 17.4 Å². The van der Waals surface area contributed by atoms with Crippen molar-refractivity contribution >= 4 is 17.3 Å². The van der Waals surface area contributed by atoms with Gasteiger partial charge in [-0.05, 0) is 53.9 Å². The largest absolute Gasteiger partial charge is 0.399 e. The van der Waals surface area contributed by atoms with Crippen LogP contribution in [0.4, 0.5) is 11.4 Å². The second-order valence-electron chi connectivity index (χ2n) is 5.47. The molecule has 3 nitrogen and oxygen atoms in total. The summed E-state index contributed by atoms with van der Waals surface area (Å²) in [6.07, 6.45) is 0. The smallest absolute Gasteiger partial charge is 0.255 e. The Morgan fingerprint density at radius 1 is 0.870 bits per heavy atom. The summed E-state index contributed by atoms with van der Waals surface area (Å²) in [5.74, 6) is -0.138. The maximum atomic E-state index is 12.3. The summed E-state index contributed by atoms with van der Waals surface area (Å²) in [5, 5.41) is 2.90. The van der Waals surface area contributed by atoms with Crippen LogP contribution in [0.3, 0.4) is 0 Å². The standard InChI is InChI=1S/C20H18N2O/c1-14-13-17(9-12-19(14)21)20(23)22-18-10-7-16(8-11-18)15-5-3-2-4-6-15/h2-13H,21H2,1H3,(H,22,23). The summed E-state index contributed by atoms with van der Waals surface area (Å²) >= 11 is 0. The van der Waals surface area contributed by atoms with Crippen LogP contribution in [-0.2, 0) is 0 Å². The lowest BCUT2D eigenvalue weighted by Gasteiger charge is -2.08. The summed E-state index contributed by atoms with van der Waals surface area (Å²) in [4.78, 5) is 12.3. The maximum absolute atomic E-state index is 12.3. The van der Waals surface area contributed by atoms with E-state index in [-0.39, 0.29) is 5.91 Å². The van der Waals surface area contributed by atoms with Crippen LogP contribution < -0.4 is 11.1 Å². The lowest BCUT2D eigenvalue weighted by atomic mass is 10.1. The van der Waals surface area contributed by atoms with Crippen molar-refractivity contribution in [3.05, 3.63) is 83.9 Å². The lowest BCUT2D eigenvalue weighted by Crippen LogP contribution is -2.12. The van der Waals surface area contributed by atoms with Gasteiger partial charge in [0, 0.05) is 16.9 Å². The van der Waals surface area contributed by atoms with E-state index in [4.69, 9.17) is 5.73 Å². The number of nitrogens with one attached hydrogen (secondary N) is 1. The minimum atomic E-state index is -0.138. The maximum Gasteiger partial charge on any atom is 0.255 e. The quantitative estimate of drug-likeness (QED) is 0.700. The molecule has 0 unspecified atom stereocenters. The van der Waals surface area contributed by atoms with Gasteiger partial charge in [-0.15, -0.1) is 0 Å². The predicted molar refractivity (Wildman–Crippen MR) is 95.4 cm³/mol. The van der Waals surface area contributed by atoms with Gasteiger partial charge in [-0.25, -0.2) is 0 Å². The van der Waals surface area contributed by atoms with Gasteiger partial charge in [0.05, 0.1) is 0 Å². The topological polar surface area (TPSA) is 55.1 Å². The first-order valence-electron chi connectivity index (χ1n) is 7.46. The van der Waals surface area contributed by atoms with Gasteiger partial charge in [-0.3, -0.25) is 4.79 Å². The van der Waals surface area contributed by atoms with Gasteiger partial charge < -0.3 is 11.1 Å². The van der Waals surface area contributed by atoms with Crippen LogP contribution in [0.15, 0.2) is 72.8 Å². The molecule has 23 heavy (non-hydrogen) atoms. The van der Waals surface area contributed by atoms with Gasteiger partial charge in [-0.1, -0.05) is 42.5 Å². The van der Waals surface area contributed by atoms with Crippen LogP contribution in [0, 0.1) is 6.92 Å². The van der Waals surface area contributed by atoms with E-state index in [0.29, 0.717) is 11.3 Å². The Labute approximate surface area is 135 Å². The molecule has 0 saturated heterocycles. The number of carbonyl (C=O) groups is 1. The summed E-state index contributed by atoms with van der Waals surface area (Å²) < 4.78 is 0. The minimum absolute atomic E-state index is 0.138. The number of nitrogen functional groups attached to an aromatic ring is 1. The SMILES string of the molecule is Cc1cc(C(=O)Nc2ccc(-c3ccccc3)cc2)ccc1N. The third-order valence-corrected chi connectivity index (χ3v) is 3.78. The molecule has 0 atom stereocenters. The number of amides is 1. The number of hydrogen-bond donors (Lipinski definition) is 2. The molecule has 1 amide bonds. The molecule has 0 spiro atoms. The highest BCUT2D eigenvalue weighted by Crippen LogP contribution is 2.21. The molecule has 114 valence electrons. The van der Waals surface area contributed by atoms with Crippen molar-refractivity contribution in [2.45, 2.75) is 6.92 Å². The van der Waals surface area contributed by atoms with E-state index >= 15 is 0 Å². The summed E-state index contributed by atoms with van der Waals surface area (Å²) in [6.45, 7) is 1.89. The number of hydrogen-bond acceptors (Lipinski definition) is 2. The highest BCUT2D eigenvalue weighted by Gasteiger charge is 2.07. The molecule has 0 bridgehead atoms. The highest BCUT2D eigenvalue weighted by molar-refractivity contribution is 6.04. The molecule has 3 aromatic rings. The Kier molecular flexibility index (Phi) is 4.11. The molecule has 0 saturated carbocycles. The van der Waals surface area contributed by atoms with E-state index < -0.39 is 0 Å². The van der Waals surface area contributed by atoms with Crippen molar-refractivity contribution in [3.8, 4) is 11.1 Å². The third-order valence-electron chi connectivity index (χ3n) is 3.78. The number of benzene rings is 3. The van der Waals surface area contributed by atoms with Crippen LogP contribution >= 0.6 is 0 Å². The Hall–Kier alpha value is -3.07. The zero-order chi connectivity index (χ0) is 16.2. The minimum Gasteiger partial charge on any atom is -0.399 e. The first kappa shape index (κ1) is 14.9. The Morgan fingerprint density at radius 2 is 1.52 bits per heavy atom. The van der Waals surface area contributed by atoms with E-state index in [1.165, 1.54) is 0 Å². The van der Waals surface area contributed by atoms with Gasteiger partial charge >= 0.3 is 0 Å². The van der Waals surface area contributed by atoms with E-state index in [9.17, 15) is 4.79 Å². The van der Waals surface area contributed by atoms with Crippen LogP contribution in [-0.4, -0.2) is 5.91 Å². The molecular weight excluding hydrogens is 284 g/mol. The molecule has 3 N–H and O–H groups in total. The van der Waals surface area contributed by atoms with E-state index in [1.807, 2.05) is 49.4 Å². The number of anilines is 2. The van der Waals surface area contributed by atoms with E-state index in [0.717, 1.165) is 22.4 Å². The second kappa shape index (κ2) is 6.36. The fraction of sp³-hybridized carbons (Fsp3) is 0.0500. The van der Waals surface area contributed by atoms with Gasteiger partial charge in [-0.2, -0.15) is 0 Å². The second-order valence-corrected chi connectivity index (χ2v) is 5.47. The Morgan fingerprint density at radius 3 is 2.17 bits per heavy atom. The molecule has 3 heteroatoms. The lowest BCUT2D eigenvalue weighted by molar-refractivity contribution is 0.102. The van der Waals surface area contributed by atoms with Crippen molar-refractivity contribution in [2.75, 3.05) is 11.1 Å². The zero-order valence-electron chi connectivity index (χ0n) is 12.9. The normalized spacial score (nSPS) is 10.3. The van der Waals surface area contributed by atoms with Gasteiger partial charge in [0.2, 0.25) is 0 Å². The third kappa shape index (κ3) is 3.40. The fourth-order valence-corrected chi connectivity index (χ4v) is 2.40. The molecule has 0 heterocycles. The molecular formula is C20H18N2O. The van der Waals surface area contributed by atoms with Crippen LogP contribution in [0.2, 0.25) is 0 Å². The highest BCUT2D eigenvalue weighted by atomic mass is 16.1. The first-order valence-corrected chi connectivity index (χ1v) is 7.46. The number of nitrogens with two attached hydrogens (primary N) is 1. The van der Waals surface area contributed by atoms with Crippen LogP contribution in [0.25, 0.3) is 11.1 Å². The monoisotopic (exact) mass is 302 g/mol. The predicted octanol–water partition coefficient (Wildman–Crippen LogP) is 4.50. The van der Waals surface area contributed by atoms with Crippen molar-refractivity contribution in [2.24, 2.45) is 0 Å². The molecule has 0 aliphatic heterocycles. The number of rotatable bonds is 3. The Bertz CT molecular complexity index is 824. The van der Waals surface area contributed by atoms with Crippen LogP contribution in [0.1, 0.15) is 15.9 Å².